The van der Waals surface area contributed by atoms with E-state index in [1.807, 2.05) is 0 Å². The molecule has 7 nitrogen and oxygen atoms in total. The standard InChI is InChI=1S/C10H10N4O3S/c1-6-2-9(15)13(5-8(6)14(16)17)4-7-3-12-10(11)18-7/h2-3,5H,4H2,1H3,(H2,11,12). The van der Waals surface area contributed by atoms with Crippen molar-refractivity contribution >= 4 is 22.2 Å². The third-order valence-corrected chi connectivity index (χ3v) is 3.21. The summed E-state index contributed by atoms with van der Waals surface area (Å²) in [5, 5.41) is 11.2. The van der Waals surface area contributed by atoms with E-state index < -0.39 is 4.92 Å². The Bertz CT molecular complexity index is 661. The molecular formula is C10H10N4O3S. The van der Waals surface area contributed by atoms with Crippen LogP contribution < -0.4 is 11.3 Å². The fourth-order valence-electron chi connectivity index (χ4n) is 1.53. The van der Waals surface area contributed by atoms with Crippen LogP contribution in [0.15, 0.2) is 23.3 Å². The van der Waals surface area contributed by atoms with Crippen molar-refractivity contribution in [2.45, 2.75) is 13.5 Å². The number of aryl methyl sites for hydroxylation is 1. The Balaban J connectivity index is 2.42. The summed E-state index contributed by atoms with van der Waals surface area (Å²) in [7, 11) is 0. The summed E-state index contributed by atoms with van der Waals surface area (Å²) in [6, 6.07) is 1.25. The topological polar surface area (TPSA) is 104 Å². The lowest BCUT2D eigenvalue weighted by atomic mass is 10.2. The largest absolute Gasteiger partial charge is 0.375 e. The second kappa shape index (κ2) is 4.57. The molecule has 2 aromatic rings. The van der Waals surface area contributed by atoms with Gasteiger partial charge in [0.2, 0.25) is 0 Å². The van der Waals surface area contributed by atoms with Crippen LogP contribution in [0.2, 0.25) is 0 Å². The van der Waals surface area contributed by atoms with Crippen LogP contribution in [0.1, 0.15) is 10.4 Å². The Labute approximate surface area is 106 Å². The lowest BCUT2D eigenvalue weighted by molar-refractivity contribution is -0.385. The van der Waals surface area contributed by atoms with Crippen molar-refractivity contribution in [3.63, 3.8) is 0 Å². The second-order valence-electron chi connectivity index (χ2n) is 3.73. The summed E-state index contributed by atoms with van der Waals surface area (Å²) >= 11 is 1.25. The van der Waals surface area contributed by atoms with Crippen LogP contribution in [0.25, 0.3) is 0 Å². The van der Waals surface area contributed by atoms with Crippen LogP contribution in [0.3, 0.4) is 0 Å². The molecule has 0 atom stereocenters. The van der Waals surface area contributed by atoms with Crippen molar-refractivity contribution in [1.82, 2.24) is 9.55 Å². The molecule has 2 N–H and O–H groups in total. The van der Waals surface area contributed by atoms with Crippen molar-refractivity contribution in [1.29, 1.82) is 0 Å². The van der Waals surface area contributed by atoms with Gasteiger partial charge in [0.25, 0.3) is 11.2 Å². The molecule has 2 rings (SSSR count). The molecule has 18 heavy (non-hydrogen) atoms. The molecule has 0 aromatic carbocycles. The van der Waals surface area contributed by atoms with Gasteiger partial charge in [-0.15, -0.1) is 11.3 Å². The van der Waals surface area contributed by atoms with Crippen LogP contribution in [-0.4, -0.2) is 14.5 Å². The maximum Gasteiger partial charge on any atom is 0.288 e. The molecule has 2 aromatic heterocycles. The Kier molecular flexibility index (Phi) is 3.11. The van der Waals surface area contributed by atoms with Crippen LogP contribution in [-0.2, 0) is 6.54 Å². The zero-order valence-corrected chi connectivity index (χ0v) is 10.3. The molecular weight excluding hydrogens is 256 g/mol. The first-order valence-electron chi connectivity index (χ1n) is 5.03. The summed E-state index contributed by atoms with van der Waals surface area (Å²) in [5.74, 6) is 0. The zero-order valence-electron chi connectivity index (χ0n) is 9.49. The average Bonchev–Trinajstić information content (AvgIpc) is 2.67. The number of nitrogens with zero attached hydrogens (tertiary/aromatic N) is 3. The highest BCUT2D eigenvalue weighted by molar-refractivity contribution is 7.15. The van der Waals surface area contributed by atoms with Crippen molar-refractivity contribution in [2.75, 3.05) is 5.73 Å². The molecule has 0 spiro atoms. The maximum atomic E-state index is 11.7. The van der Waals surface area contributed by atoms with Gasteiger partial charge < -0.3 is 10.3 Å². The number of nitro groups is 1. The van der Waals surface area contributed by atoms with Gasteiger partial charge in [0.1, 0.15) is 0 Å². The van der Waals surface area contributed by atoms with E-state index in [1.165, 1.54) is 35.1 Å². The van der Waals surface area contributed by atoms with Gasteiger partial charge in [-0.3, -0.25) is 14.9 Å². The van der Waals surface area contributed by atoms with Crippen LogP contribution in [0, 0.1) is 17.0 Å². The van der Waals surface area contributed by atoms with Crippen molar-refractivity contribution in [2.24, 2.45) is 0 Å². The summed E-state index contributed by atoms with van der Waals surface area (Å²) in [4.78, 5) is 26.6. The number of rotatable bonds is 3. The third kappa shape index (κ3) is 2.38. The van der Waals surface area contributed by atoms with E-state index in [0.29, 0.717) is 10.7 Å². The number of pyridine rings is 1. The van der Waals surface area contributed by atoms with Crippen LogP contribution in [0.5, 0.6) is 0 Å². The van der Waals surface area contributed by atoms with E-state index in [-0.39, 0.29) is 17.8 Å². The Morgan fingerprint density at radius 1 is 1.61 bits per heavy atom. The fraction of sp³-hybridized carbons (Fsp3) is 0.200. The monoisotopic (exact) mass is 266 g/mol. The highest BCUT2D eigenvalue weighted by atomic mass is 32.1. The number of anilines is 1. The molecule has 0 aliphatic heterocycles. The molecule has 0 bridgehead atoms. The Morgan fingerprint density at radius 2 is 2.33 bits per heavy atom. The van der Waals surface area contributed by atoms with E-state index >= 15 is 0 Å². The van der Waals surface area contributed by atoms with Crippen LogP contribution in [0.4, 0.5) is 10.8 Å². The minimum Gasteiger partial charge on any atom is -0.375 e. The molecule has 2 heterocycles. The highest BCUT2D eigenvalue weighted by Crippen LogP contribution is 2.18. The minimum absolute atomic E-state index is 0.0768. The van der Waals surface area contributed by atoms with Gasteiger partial charge in [-0.25, -0.2) is 4.98 Å². The predicted molar refractivity (Wildman–Crippen MR) is 67.7 cm³/mol. The summed E-state index contributed by atoms with van der Waals surface area (Å²) in [6.45, 7) is 1.77. The zero-order chi connectivity index (χ0) is 13.3. The molecule has 0 radical (unpaired) electrons. The van der Waals surface area contributed by atoms with E-state index in [9.17, 15) is 14.9 Å². The molecule has 0 aliphatic carbocycles. The Hall–Kier alpha value is -2.22. The van der Waals surface area contributed by atoms with Gasteiger partial charge in [0, 0.05) is 22.7 Å². The van der Waals surface area contributed by atoms with Gasteiger partial charge in [0.05, 0.1) is 17.7 Å². The summed E-state index contributed by atoms with van der Waals surface area (Å²) in [5.41, 5.74) is 5.47. The predicted octanol–water partition coefficient (Wildman–Crippen LogP) is 1.15. The Morgan fingerprint density at radius 3 is 2.89 bits per heavy atom. The fourth-order valence-corrected chi connectivity index (χ4v) is 2.22. The van der Waals surface area contributed by atoms with Crippen molar-refractivity contribution in [3.8, 4) is 0 Å². The molecule has 0 amide bonds. The van der Waals surface area contributed by atoms with E-state index in [2.05, 4.69) is 4.98 Å². The number of hydrogen-bond donors (Lipinski definition) is 1. The van der Waals surface area contributed by atoms with Crippen molar-refractivity contribution in [3.05, 3.63) is 49.4 Å². The molecule has 94 valence electrons. The van der Waals surface area contributed by atoms with Crippen molar-refractivity contribution < 1.29 is 4.92 Å². The first-order chi connectivity index (χ1) is 8.47. The molecule has 0 saturated heterocycles. The minimum atomic E-state index is -0.508. The number of thiazole rings is 1. The maximum absolute atomic E-state index is 11.7. The number of hydrogen-bond acceptors (Lipinski definition) is 6. The van der Waals surface area contributed by atoms with Crippen LogP contribution >= 0.6 is 11.3 Å². The SMILES string of the molecule is Cc1cc(=O)n(Cc2cnc(N)s2)cc1[N+](=O)[O-]. The molecule has 0 unspecified atom stereocenters. The second-order valence-corrected chi connectivity index (χ2v) is 4.88. The van der Waals surface area contributed by atoms with E-state index in [4.69, 9.17) is 5.73 Å². The third-order valence-electron chi connectivity index (χ3n) is 2.40. The van der Waals surface area contributed by atoms with Gasteiger partial charge >= 0.3 is 0 Å². The highest BCUT2D eigenvalue weighted by Gasteiger charge is 2.13. The normalized spacial score (nSPS) is 10.5. The quantitative estimate of drug-likeness (QED) is 0.663. The molecule has 0 saturated carbocycles. The van der Waals surface area contributed by atoms with Gasteiger partial charge in [-0.1, -0.05) is 0 Å². The smallest absolute Gasteiger partial charge is 0.288 e. The van der Waals surface area contributed by atoms with E-state index in [0.717, 1.165) is 4.88 Å². The molecule has 0 fully saturated rings. The first kappa shape index (κ1) is 12.2. The van der Waals surface area contributed by atoms with E-state index in [1.54, 1.807) is 6.20 Å². The lowest BCUT2D eigenvalue weighted by Crippen LogP contribution is -2.20. The van der Waals surface area contributed by atoms with Gasteiger partial charge in [0.15, 0.2) is 5.13 Å². The van der Waals surface area contributed by atoms with Gasteiger partial charge in [-0.2, -0.15) is 0 Å². The number of nitrogens with two attached hydrogens (primary N) is 1. The number of aromatic nitrogens is 2. The molecule has 8 heteroatoms. The molecule has 0 aliphatic rings. The van der Waals surface area contributed by atoms with Gasteiger partial charge in [-0.05, 0) is 6.92 Å². The summed E-state index contributed by atoms with van der Waals surface area (Å²) in [6.07, 6.45) is 2.80. The lowest BCUT2D eigenvalue weighted by Gasteiger charge is -2.04. The summed E-state index contributed by atoms with van der Waals surface area (Å²) < 4.78 is 1.28. The number of nitrogen functional groups attached to an aromatic ring is 1. The average molecular weight is 266 g/mol. The first-order valence-corrected chi connectivity index (χ1v) is 5.84.